The Bertz CT molecular complexity index is 801. The topological polar surface area (TPSA) is 58.4 Å². The van der Waals surface area contributed by atoms with E-state index in [9.17, 15) is 4.79 Å². The second-order valence-electron chi connectivity index (χ2n) is 5.37. The molecule has 114 valence electrons. The number of aromatic nitrogens is 1. The maximum atomic E-state index is 12.5. The van der Waals surface area contributed by atoms with Crippen LogP contribution in [0.15, 0.2) is 22.8 Å². The summed E-state index contributed by atoms with van der Waals surface area (Å²) in [5, 5.41) is 3.60. The van der Waals surface area contributed by atoms with Gasteiger partial charge in [-0.2, -0.15) is 0 Å². The Kier molecular flexibility index (Phi) is 3.38. The Morgan fingerprint density at radius 1 is 1.45 bits per heavy atom. The van der Waals surface area contributed by atoms with E-state index in [1.165, 1.54) is 16.2 Å². The zero-order valence-corrected chi connectivity index (χ0v) is 13.7. The molecular formula is C15H15N3O2S2. The van der Waals surface area contributed by atoms with Crippen LogP contribution in [0.1, 0.15) is 22.6 Å². The number of rotatable bonds is 1. The lowest BCUT2D eigenvalue weighted by atomic mass is 10.2. The third-order valence-electron chi connectivity index (χ3n) is 3.74. The highest BCUT2D eigenvalue weighted by atomic mass is 32.1. The average molecular weight is 333 g/mol. The Morgan fingerprint density at radius 3 is 3.23 bits per heavy atom. The molecule has 1 aliphatic rings. The van der Waals surface area contributed by atoms with E-state index in [1.54, 1.807) is 17.6 Å². The average Bonchev–Trinajstić information content (AvgIpc) is 3.10. The first-order chi connectivity index (χ1) is 10.7. The first-order valence-corrected chi connectivity index (χ1v) is 8.80. The number of nitrogens with zero attached hydrogens (tertiary/aromatic N) is 2. The summed E-state index contributed by atoms with van der Waals surface area (Å²) in [5.74, 6) is 1.00. The van der Waals surface area contributed by atoms with Gasteiger partial charge in [0.1, 0.15) is 10.6 Å². The standard InChI is InChI=1S/C15H15N3O2S2/c1-9-7-12-13(21-9)16-14(22-12)17-15(19)18-5-2-3-11-10(8-18)4-6-20-11/h4,6-7H,2-3,5,8H2,1H3,(H,16,17,19). The lowest BCUT2D eigenvalue weighted by Gasteiger charge is -2.19. The summed E-state index contributed by atoms with van der Waals surface area (Å²) in [6, 6.07) is 3.97. The van der Waals surface area contributed by atoms with Crippen molar-refractivity contribution in [3.63, 3.8) is 0 Å². The fourth-order valence-electron chi connectivity index (χ4n) is 2.69. The summed E-state index contributed by atoms with van der Waals surface area (Å²) in [7, 11) is 0. The highest BCUT2D eigenvalue weighted by Gasteiger charge is 2.21. The van der Waals surface area contributed by atoms with Gasteiger partial charge in [0.2, 0.25) is 0 Å². The minimum atomic E-state index is -0.0906. The number of hydrogen-bond acceptors (Lipinski definition) is 5. The molecule has 3 aromatic rings. The van der Waals surface area contributed by atoms with Crippen LogP contribution in [-0.4, -0.2) is 22.5 Å². The normalized spacial score (nSPS) is 14.9. The van der Waals surface area contributed by atoms with E-state index in [2.05, 4.69) is 23.3 Å². The number of furan rings is 1. The molecule has 0 fully saturated rings. The maximum Gasteiger partial charge on any atom is 0.323 e. The molecule has 0 bridgehead atoms. The second-order valence-corrected chi connectivity index (χ2v) is 7.64. The smallest absolute Gasteiger partial charge is 0.323 e. The number of nitrogens with one attached hydrogen (secondary N) is 1. The quantitative estimate of drug-likeness (QED) is 0.724. The minimum absolute atomic E-state index is 0.0906. The maximum absolute atomic E-state index is 12.5. The molecular weight excluding hydrogens is 318 g/mol. The van der Waals surface area contributed by atoms with Crippen LogP contribution in [0.2, 0.25) is 0 Å². The van der Waals surface area contributed by atoms with Crippen molar-refractivity contribution in [2.75, 3.05) is 11.9 Å². The molecule has 4 rings (SSSR count). The van der Waals surface area contributed by atoms with E-state index < -0.39 is 0 Å². The van der Waals surface area contributed by atoms with Gasteiger partial charge in [0.05, 0.1) is 17.5 Å². The molecule has 0 spiro atoms. The van der Waals surface area contributed by atoms with Crippen LogP contribution in [0.3, 0.4) is 0 Å². The predicted molar refractivity (Wildman–Crippen MR) is 88.7 cm³/mol. The molecule has 0 saturated heterocycles. The number of anilines is 1. The summed E-state index contributed by atoms with van der Waals surface area (Å²) >= 11 is 3.18. The molecule has 0 atom stereocenters. The van der Waals surface area contributed by atoms with Crippen molar-refractivity contribution in [3.05, 3.63) is 34.6 Å². The Labute approximate surface area is 135 Å². The SMILES string of the molecule is Cc1cc2sc(NC(=O)N3CCCc4occc4C3)nc2s1. The minimum Gasteiger partial charge on any atom is -0.469 e. The number of amides is 2. The van der Waals surface area contributed by atoms with Gasteiger partial charge in [-0.1, -0.05) is 11.3 Å². The number of thiophene rings is 1. The van der Waals surface area contributed by atoms with Crippen LogP contribution >= 0.6 is 22.7 Å². The van der Waals surface area contributed by atoms with Crippen LogP contribution < -0.4 is 5.32 Å². The van der Waals surface area contributed by atoms with Crippen molar-refractivity contribution in [1.82, 2.24) is 9.88 Å². The van der Waals surface area contributed by atoms with Crippen molar-refractivity contribution < 1.29 is 9.21 Å². The third-order valence-corrected chi connectivity index (χ3v) is 5.74. The number of urea groups is 1. The Morgan fingerprint density at radius 2 is 2.36 bits per heavy atom. The molecule has 0 aromatic carbocycles. The summed E-state index contributed by atoms with van der Waals surface area (Å²) in [6.07, 6.45) is 3.50. The molecule has 22 heavy (non-hydrogen) atoms. The molecule has 1 N–H and O–H groups in total. The van der Waals surface area contributed by atoms with Gasteiger partial charge in [-0.3, -0.25) is 5.32 Å². The molecule has 0 unspecified atom stereocenters. The fraction of sp³-hybridized carbons (Fsp3) is 0.333. The van der Waals surface area contributed by atoms with E-state index in [-0.39, 0.29) is 6.03 Å². The van der Waals surface area contributed by atoms with Crippen LogP contribution in [0.4, 0.5) is 9.93 Å². The van der Waals surface area contributed by atoms with Crippen molar-refractivity contribution >= 4 is 43.4 Å². The van der Waals surface area contributed by atoms with Gasteiger partial charge < -0.3 is 9.32 Å². The van der Waals surface area contributed by atoms with Gasteiger partial charge in [-0.05, 0) is 25.5 Å². The molecule has 2 amide bonds. The van der Waals surface area contributed by atoms with E-state index in [0.29, 0.717) is 11.7 Å². The summed E-state index contributed by atoms with van der Waals surface area (Å²) in [4.78, 5) is 21.0. The molecule has 5 nitrogen and oxygen atoms in total. The summed E-state index contributed by atoms with van der Waals surface area (Å²) in [5.41, 5.74) is 1.10. The van der Waals surface area contributed by atoms with Gasteiger partial charge in [-0.25, -0.2) is 9.78 Å². The lowest BCUT2D eigenvalue weighted by Crippen LogP contribution is -2.34. The first kappa shape index (κ1) is 13.8. The monoisotopic (exact) mass is 333 g/mol. The van der Waals surface area contributed by atoms with Crippen molar-refractivity contribution in [3.8, 4) is 0 Å². The fourth-order valence-corrected chi connectivity index (χ4v) is 4.70. The Hall–Kier alpha value is -1.86. The number of fused-ring (bicyclic) bond motifs is 2. The molecule has 3 aromatic heterocycles. The number of carbonyl (C=O) groups is 1. The van der Waals surface area contributed by atoms with Crippen LogP contribution in [0, 0.1) is 6.92 Å². The van der Waals surface area contributed by atoms with Crippen LogP contribution in [0.25, 0.3) is 9.53 Å². The predicted octanol–water partition coefficient (Wildman–Crippen LogP) is 4.24. The highest BCUT2D eigenvalue weighted by Crippen LogP contribution is 2.32. The second kappa shape index (κ2) is 5.40. The molecule has 1 aliphatic heterocycles. The van der Waals surface area contributed by atoms with E-state index in [0.717, 1.165) is 40.2 Å². The van der Waals surface area contributed by atoms with Gasteiger partial charge in [0, 0.05) is 23.4 Å². The van der Waals surface area contributed by atoms with Gasteiger partial charge in [-0.15, -0.1) is 11.3 Å². The molecule has 7 heteroatoms. The van der Waals surface area contributed by atoms with Crippen molar-refractivity contribution in [2.24, 2.45) is 0 Å². The number of aryl methyl sites for hydroxylation is 2. The van der Waals surface area contributed by atoms with E-state index >= 15 is 0 Å². The summed E-state index contributed by atoms with van der Waals surface area (Å²) < 4.78 is 6.59. The number of hydrogen-bond donors (Lipinski definition) is 1. The largest absolute Gasteiger partial charge is 0.469 e. The van der Waals surface area contributed by atoms with Gasteiger partial charge >= 0.3 is 6.03 Å². The van der Waals surface area contributed by atoms with Gasteiger partial charge in [0.15, 0.2) is 5.13 Å². The molecule has 0 radical (unpaired) electrons. The number of thiazole rings is 1. The van der Waals surface area contributed by atoms with E-state index in [1.807, 2.05) is 11.0 Å². The highest BCUT2D eigenvalue weighted by molar-refractivity contribution is 7.29. The van der Waals surface area contributed by atoms with E-state index in [4.69, 9.17) is 4.42 Å². The van der Waals surface area contributed by atoms with Crippen molar-refractivity contribution in [2.45, 2.75) is 26.3 Å². The zero-order chi connectivity index (χ0) is 15.1. The third kappa shape index (κ3) is 2.50. The summed E-state index contributed by atoms with van der Waals surface area (Å²) in [6.45, 7) is 3.39. The Balaban J connectivity index is 1.50. The van der Waals surface area contributed by atoms with Crippen LogP contribution in [-0.2, 0) is 13.0 Å². The van der Waals surface area contributed by atoms with Gasteiger partial charge in [0.25, 0.3) is 0 Å². The first-order valence-electron chi connectivity index (χ1n) is 7.17. The molecule has 0 saturated carbocycles. The molecule has 0 aliphatic carbocycles. The lowest BCUT2D eigenvalue weighted by molar-refractivity contribution is 0.210. The molecule has 4 heterocycles. The zero-order valence-electron chi connectivity index (χ0n) is 12.1. The van der Waals surface area contributed by atoms with Crippen LogP contribution in [0.5, 0.6) is 0 Å². The van der Waals surface area contributed by atoms with Crippen molar-refractivity contribution in [1.29, 1.82) is 0 Å². The number of carbonyl (C=O) groups excluding carboxylic acids is 1.